The molecule has 0 radical (unpaired) electrons. The molecule has 0 atom stereocenters. The minimum absolute atomic E-state index is 0.336. The smallest absolute Gasteiger partial charge is 0.372 e. The van der Waals surface area contributed by atoms with Crippen molar-refractivity contribution in [1.82, 2.24) is 9.97 Å². The van der Waals surface area contributed by atoms with Gasteiger partial charge in [0, 0.05) is 0 Å². The summed E-state index contributed by atoms with van der Waals surface area (Å²) >= 11 is 4.42. The molecule has 0 aliphatic heterocycles. The van der Waals surface area contributed by atoms with E-state index in [-0.39, 0.29) is 5.82 Å². The summed E-state index contributed by atoms with van der Waals surface area (Å²) < 4.78 is 0.744. The predicted molar refractivity (Wildman–Crippen MR) is 54.9 cm³/mol. The molecule has 0 saturated carbocycles. The van der Waals surface area contributed by atoms with E-state index in [9.17, 15) is 9.59 Å². The number of H-pyrrole nitrogens is 1. The molecule has 0 aromatic carbocycles. The molecule has 0 unspecified atom stereocenters. The lowest BCUT2D eigenvalue weighted by atomic mass is 10.4. The van der Waals surface area contributed by atoms with Crippen LogP contribution in [0.5, 0.6) is 0 Å². The molecule has 0 bridgehead atoms. The molecular formula is C7H3BrN2O3S. The van der Waals surface area contributed by atoms with Gasteiger partial charge >= 0.3 is 5.97 Å². The van der Waals surface area contributed by atoms with Crippen LogP contribution >= 0.6 is 27.3 Å². The number of hydrogen-bond acceptors (Lipinski definition) is 4. The van der Waals surface area contributed by atoms with Crippen LogP contribution in [0.25, 0.3) is 10.2 Å². The van der Waals surface area contributed by atoms with Crippen LogP contribution in [0.3, 0.4) is 0 Å². The van der Waals surface area contributed by atoms with Gasteiger partial charge in [0.25, 0.3) is 5.56 Å². The second kappa shape index (κ2) is 3.18. The number of aromatic carboxylic acids is 1. The fraction of sp³-hybridized carbons (Fsp3) is 0. The number of carboxylic acids is 1. The lowest BCUT2D eigenvalue weighted by molar-refractivity contribution is 0.0683. The average Bonchev–Trinajstić information content (AvgIpc) is 2.45. The number of carboxylic acid groups (broad SMARTS) is 1. The maximum Gasteiger partial charge on any atom is 0.372 e. The molecule has 2 aromatic rings. The van der Waals surface area contributed by atoms with E-state index in [4.69, 9.17) is 5.11 Å². The minimum Gasteiger partial charge on any atom is -0.475 e. The zero-order chi connectivity index (χ0) is 10.3. The number of fused-ring (bicyclic) bond motifs is 1. The number of halogens is 1. The van der Waals surface area contributed by atoms with E-state index in [1.807, 2.05) is 0 Å². The number of carbonyl (C=O) groups is 1. The molecule has 2 heterocycles. The Bertz CT molecular complexity index is 574. The molecule has 0 aliphatic carbocycles. The summed E-state index contributed by atoms with van der Waals surface area (Å²) in [5.74, 6) is -1.58. The van der Waals surface area contributed by atoms with E-state index in [2.05, 4.69) is 25.9 Å². The van der Waals surface area contributed by atoms with Crippen molar-refractivity contribution >= 4 is 43.5 Å². The van der Waals surface area contributed by atoms with Crippen LogP contribution in [0.4, 0.5) is 0 Å². The first-order valence-electron chi connectivity index (χ1n) is 3.50. The van der Waals surface area contributed by atoms with Crippen LogP contribution in [0.1, 0.15) is 10.6 Å². The van der Waals surface area contributed by atoms with Crippen LogP contribution in [-0.4, -0.2) is 21.0 Å². The average molecular weight is 275 g/mol. The first-order chi connectivity index (χ1) is 6.58. The van der Waals surface area contributed by atoms with Gasteiger partial charge in [-0.3, -0.25) is 4.79 Å². The van der Waals surface area contributed by atoms with Crippen molar-refractivity contribution in [3.05, 3.63) is 26.0 Å². The predicted octanol–water partition coefficient (Wildman–Crippen LogP) is 1.45. The number of rotatable bonds is 1. The molecule has 14 heavy (non-hydrogen) atoms. The molecule has 2 aromatic heterocycles. The zero-order valence-electron chi connectivity index (χ0n) is 6.57. The zero-order valence-corrected chi connectivity index (χ0v) is 8.98. The van der Waals surface area contributed by atoms with Crippen LogP contribution in [0.2, 0.25) is 0 Å². The Balaban J connectivity index is 2.84. The second-order valence-electron chi connectivity index (χ2n) is 2.49. The maximum absolute atomic E-state index is 11.3. The monoisotopic (exact) mass is 274 g/mol. The van der Waals surface area contributed by atoms with Gasteiger partial charge in [0.15, 0.2) is 0 Å². The number of nitrogens with zero attached hydrogens (tertiary/aromatic N) is 1. The summed E-state index contributed by atoms with van der Waals surface area (Å²) in [5.41, 5.74) is -0.436. The van der Waals surface area contributed by atoms with E-state index in [1.54, 1.807) is 6.07 Å². The molecule has 0 amide bonds. The molecular weight excluding hydrogens is 272 g/mol. The third kappa shape index (κ3) is 1.44. The van der Waals surface area contributed by atoms with Crippen molar-refractivity contribution < 1.29 is 9.90 Å². The molecule has 7 heteroatoms. The highest BCUT2D eigenvalue weighted by Crippen LogP contribution is 2.25. The number of aromatic amines is 1. The number of thiophene rings is 1. The van der Waals surface area contributed by atoms with Crippen molar-refractivity contribution in [3.63, 3.8) is 0 Å². The highest BCUT2D eigenvalue weighted by atomic mass is 79.9. The molecule has 0 aliphatic rings. The SMILES string of the molecule is O=C(O)c1nc2sc(Br)cc2c(=O)[nH]1. The summed E-state index contributed by atoms with van der Waals surface area (Å²) in [4.78, 5) is 28.3. The lowest BCUT2D eigenvalue weighted by Crippen LogP contribution is -2.14. The van der Waals surface area contributed by atoms with E-state index in [1.165, 1.54) is 11.3 Å². The molecule has 0 fully saturated rings. The van der Waals surface area contributed by atoms with Gasteiger partial charge in [-0.25, -0.2) is 9.78 Å². The Hall–Kier alpha value is -1.21. The fourth-order valence-corrected chi connectivity index (χ4v) is 2.45. The first kappa shape index (κ1) is 9.35. The number of nitrogens with one attached hydrogen (secondary N) is 1. The van der Waals surface area contributed by atoms with Gasteiger partial charge < -0.3 is 10.1 Å². The van der Waals surface area contributed by atoms with Crippen molar-refractivity contribution in [2.45, 2.75) is 0 Å². The second-order valence-corrected chi connectivity index (χ2v) is 4.90. The van der Waals surface area contributed by atoms with Crippen LogP contribution in [0, 0.1) is 0 Å². The molecule has 72 valence electrons. The van der Waals surface area contributed by atoms with E-state index in [0.717, 1.165) is 3.79 Å². The Morgan fingerprint density at radius 1 is 1.64 bits per heavy atom. The summed E-state index contributed by atoms with van der Waals surface area (Å²) in [6, 6.07) is 1.61. The Morgan fingerprint density at radius 3 is 3.00 bits per heavy atom. The summed E-state index contributed by atoms with van der Waals surface area (Å²) in [7, 11) is 0. The third-order valence-corrected chi connectivity index (χ3v) is 3.11. The highest BCUT2D eigenvalue weighted by molar-refractivity contribution is 9.11. The normalized spacial score (nSPS) is 10.6. The van der Waals surface area contributed by atoms with E-state index < -0.39 is 11.5 Å². The largest absolute Gasteiger partial charge is 0.475 e. The highest BCUT2D eigenvalue weighted by Gasteiger charge is 2.11. The Labute approximate surface area is 89.5 Å². The molecule has 2 N–H and O–H groups in total. The van der Waals surface area contributed by atoms with Crippen LogP contribution in [-0.2, 0) is 0 Å². The molecule has 5 nitrogen and oxygen atoms in total. The fourth-order valence-electron chi connectivity index (χ4n) is 1.00. The van der Waals surface area contributed by atoms with Crippen molar-refractivity contribution in [2.75, 3.05) is 0 Å². The molecule has 0 saturated heterocycles. The summed E-state index contributed by atoms with van der Waals surface area (Å²) in [6.45, 7) is 0. The number of aromatic nitrogens is 2. The third-order valence-electron chi connectivity index (χ3n) is 1.57. The Kier molecular flexibility index (Phi) is 2.12. The quantitative estimate of drug-likeness (QED) is 0.825. The topological polar surface area (TPSA) is 83.0 Å². The van der Waals surface area contributed by atoms with Gasteiger partial charge in [-0.1, -0.05) is 0 Å². The van der Waals surface area contributed by atoms with E-state index >= 15 is 0 Å². The maximum atomic E-state index is 11.3. The standard InChI is InChI=1S/C7H3BrN2O3S/c8-3-1-2-5(11)9-4(7(12)13)10-6(2)14-3/h1H,(H,12,13)(H,9,10,11). The molecule has 2 rings (SSSR count). The van der Waals surface area contributed by atoms with Crippen molar-refractivity contribution in [3.8, 4) is 0 Å². The van der Waals surface area contributed by atoms with Crippen molar-refractivity contribution in [1.29, 1.82) is 0 Å². The van der Waals surface area contributed by atoms with E-state index in [0.29, 0.717) is 10.2 Å². The molecule has 0 spiro atoms. The van der Waals surface area contributed by atoms with Crippen LogP contribution < -0.4 is 5.56 Å². The van der Waals surface area contributed by atoms with Gasteiger partial charge in [-0.05, 0) is 22.0 Å². The van der Waals surface area contributed by atoms with Crippen molar-refractivity contribution in [2.24, 2.45) is 0 Å². The Morgan fingerprint density at radius 2 is 2.36 bits per heavy atom. The minimum atomic E-state index is -1.24. The lowest BCUT2D eigenvalue weighted by Gasteiger charge is -1.92. The van der Waals surface area contributed by atoms with Gasteiger partial charge in [-0.15, -0.1) is 11.3 Å². The summed E-state index contributed by atoms with van der Waals surface area (Å²) in [6.07, 6.45) is 0. The van der Waals surface area contributed by atoms with Gasteiger partial charge in [0.05, 0.1) is 9.17 Å². The first-order valence-corrected chi connectivity index (χ1v) is 5.11. The van der Waals surface area contributed by atoms with Gasteiger partial charge in [-0.2, -0.15) is 0 Å². The summed E-state index contributed by atoms with van der Waals surface area (Å²) in [5, 5.41) is 9.03. The van der Waals surface area contributed by atoms with Gasteiger partial charge in [0.1, 0.15) is 4.83 Å². The van der Waals surface area contributed by atoms with Crippen LogP contribution in [0.15, 0.2) is 14.6 Å². The number of hydrogen-bond donors (Lipinski definition) is 2. The van der Waals surface area contributed by atoms with Gasteiger partial charge in [0.2, 0.25) is 5.82 Å².